The lowest BCUT2D eigenvalue weighted by Gasteiger charge is -2.38. The molecule has 0 radical (unpaired) electrons. The van der Waals surface area contributed by atoms with Crippen LogP contribution in [-0.4, -0.2) is 54.7 Å². The Kier molecular flexibility index (Phi) is 16.7. The first-order valence-electron chi connectivity index (χ1n) is 8.98. The van der Waals surface area contributed by atoms with Gasteiger partial charge in [0.05, 0.1) is 26.2 Å². The molecular formula is C16H38N2O4S. The van der Waals surface area contributed by atoms with Crippen molar-refractivity contribution in [3.8, 4) is 0 Å². The van der Waals surface area contributed by atoms with Gasteiger partial charge in [0, 0.05) is 0 Å². The lowest BCUT2D eigenvalue weighted by molar-refractivity contribution is -0.927. The summed E-state index contributed by atoms with van der Waals surface area (Å²) in [5.41, 5.74) is 5.55. The van der Waals surface area contributed by atoms with Crippen molar-refractivity contribution in [1.82, 2.24) is 0 Å². The van der Waals surface area contributed by atoms with Gasteiger partial charge in [0.2, 0.25) is 10.4 Å². The number of nitrogens with zero attached hydrogens (tertiary/aromatic N) is 1. The monoisotopic (exact) mass is 354 g/mol. The molecule has 0 aliphatic rings. The van der Waals surface area contributed by atoms with Crippen molar-refractivity contribution >= 4 is 10.4 Å². The van der Waals surface area contributed by atoms with E-state index in [1.165, 1.54) is 82.0 Å². The van der Waals surface area contributed by atoms with Crippen LogP contribution >= 0.6 is 0 Å². The Balaban J connectivity index is 0. The molecule has 23 heavy (non-hydrogen) atoms. The molecular weight excluding hydrogens is 316 g/mol. The highest BCUT2D eigenvalue weighted by molar-refractivity contribution is 7.79. The molecule has 0 atom stereocenters. The predicted octanol–water partition coefficient (Wildman–Crippen LogP) is 2.95. The third-order valence-electron chi connectivity index (χ3n) is 4.23. The fraction of sp³-hybridized carbons (Fsp3) is 1.00. The Morgan fingerprint density at radius 3 is 1.61 bits per heavy atom. The summed E-state index contributed by atoms with van der Waals surface area (Å²) in [6.07, 6.45) is 10.7. The van der Waals surface area contributed by atoms with Crippen LogP contribution in [0.2, 0.25) is 0 Å². The molecule has 0 saturated carbocycles. The fourth-order valence-corrected chi connectivity index (χ4v) is 2.74. The van der Waals surface area contributed by atoms with E-state index in [9.17, 15) is 0 Å². The fourth-order valence-electron chi connectivity index (χ4n) is 2.74. The minimum Gasteiger partial charge on any atom is -0.726 e. The van der Waals surface area contributed by atoms with Gasteiger partial charge in [-0.15, -0.1) is 0 Å². The number of hydrogen-bond donors (Lipinski definition) is 2. The number of nitrogens with two attached hydrogens (primary N) is 1. The average molecular weight is 355 g/mol. The molecule has 0 aromatic rings. The minimum absolute atomic E-state index is 0.861. The normalized spacial score (nSPS) is 11.9. The van der Waals surface area contributed by atoms with E-state index in [0.29, 0.717) is 0 Å². The second kappa shape index (κ2) is 15.3. The zero-order valence-electron chi connectivity index (χ0n) is 15.3. The molecule has 0 heterocycles. The number of quaternary nitrogens is 1. The van der Waals surface area contributed by atoms with Gasteiger partial charge in [-0.25, -0.2) is 8.42 Å². The summed E-state index contributed by atoms with van der Waals surface area (Å²) in [7, 11) is -4.92. The van der Waals surface area contributed by atoms with E-state index in [-0.39, 0.29) is 0 Å². The number of unbranched alkanes of at least 4 members (excludes halogenated alkanes) is 5. The van der Waals surface area contributed by atoms with Crippen LogP contribution in [0, 0.1) is 0 Å². The molecule has 142 valence electrons. The van der Waals surface area contributed by atoms with Crippen LogP contribution < -0.4 is 5.73 Å². The topological polar surface area (TPSA) is 103 Å². The van der Waals surface area contributed by atoms with Crippen LogP contribution in [0.25, 0.3) is 0 Å². The lowest BCUT2D eigenvalue weighted by atomic mass is 10.1. The molecule has 0 bridgehead atoms. The number of hydrogen-bond acceptors (Lipinski definition) is 4. The molecule has 0 spiro atoms. The van der Waals surface area contributed by atoms with Crippen molar-refractivity contribution in [2.45, 2.75) is 72.1 Å². The maximum absolute atomic E-state index is 8.63. The summed E-state index contributed by atoms with van der Waals surface area (Å²) < 4.78 is 34.2. The molecule has 0 aromatic carbocycles. The van der Waals surface area contributed by atoms with Crippen molar-refractivity contribution in [2.75, 3.05) is 32.7 Å². The SMILES string of the molecule is CCCC[N+](CC)(CCCC)CCCCCCN.O=S(=O)([O-])O. The summed E-state index contributed by atoms with van der Waals surface area (Å²) in [5, 5.41) is 0. The molecule has 0 aliphatic heterocycles. The van der Waals surface area contributed by atoms with E-state index < -0.39 is 10.4 Å². The van der Waals surface area contributed by atoms with Crippen molar-refractivity contribution in [2.24, 2.45) is 5.73 Å². The predicted molar refractivity (Wildman–Crippen MR) is 95.1 cm³/mol. The zero-order chi connectivity index (χ0) is 18.2. The average Bonchev–Trinajstić information content (AvgIpc) is 2.48. The minimum atomic E-state index is -4.92. The first-order valence-corrected chi connectivity index (χ1v) is 10.3. The van der Waals surface area contributed by atoms with Gasteiger partial charge in [0.25, 0.3) is 0 Å². The Hall–Kier alpha value is -0.210. The van der Waals surface area contributed by atoms with Crippen LogP contribution in [0.5, 0.6) is 0 Å². The van der Waals surface area contributed by atoms with Gasteiger partial charge in [0.15, 0.2) is 0 Å². The van der Waals surface area contributed by atoms with E-state index in [4.69, 9.17) is 23.3 Å². The second-order valence-electron chi connectivity index (χ2n) is 6.17. The Labute approximate surface area is 143 Å². The Bertz CT molecular complexity index is 332. The molecule has 6 nitrogen and oxygen atoms in total. The first-order chi connectivity index (χ1) is 10.7. The summed E-state index contributed by atoms with van der Waals surface area (Å²) in [6.45, 7) is 13.4. The molecule has 0 fully saturated rings. The summed E-state index contributed by atoms with van der Waals surface area (Å²) >= 11 is 0. The van der Waals surface area contributed by atoms with Gasteiger partial charge in [0.1, 0.15) is 0 Å². The standard InChI is InChI=1S/C16H37N2.H2O4S/c1-4-7-14-18(6-3,15-8-5-2)16-12-10-9-11-13-17;1-5(2,3)4/h4-17H2,1-3H3;(H2,1,2,3,4)/q+1;/p-1. The zero-order valence-corrected chi connectivity index (χ0v) is 16.1. The van der Waals surface area contributed by atoms with Crippen molar-refractivity contribution in [3.63, 3.8) is 0 Å². The van der Waals surface area contributed by atoms with Gasteiger partial charge >= 0.3 is 0 Å². The van der Waals surface area contributed by atoms with E-state index in [0.717, 1.165) is 6.54 Å². The van der Waals surface area contributed by atoms with Gasteiger partial charge in [-0.2, -0.15) is 0 Å². The summed E-state index contributed by atoms with van der Waals surface area (Å²) in [5.74, 6) is 0. The van der Waals surface area contributed by atoms with Crippen LogP contribution in [0.4, 0.5) is 0 Å². The van der Waals surface area contributed by atoms with Gasteiger partial charge in [-0.05, 0) is 45.6 Å². The van der Waals surface area contributed by atoms with Gasteiger partial charge < -0.3 is 14.8 Å². The van der Waals surface area contributed by atoms with E-state index in [1.807, 2.05) is 0 Å². The molecule has 3 N–H and O–H groups in total. The van der Waals surface area contributed by atoms with Crippen molar-refractivity contribution in [3.05, 3.63) is 0 Å². The quantitative estimate of drug-likeness (QED) is 0.229. The maximum Gasteiger partial charge on any atom is 0.215 e. The smallest absolute Gasteiger partial charge is 0.215 e. The van der Waals surface area contributed by atoms with Crippen LogP contribution in [0.15, 0.2) is 0 Å². The molecule has 0 aromatic heterocycles. The van der Waals surface area contributed by atoms with Crippen molar-refractivity contribution in [1.29, 1.82) is 0 Å². The molecule has 0 aliphatic carbocycles. The second-order valence-corrected chi connectivity index (χ2v) is 7.02. The highest BCUT2D eigenvalue weighted by atomic mass is 32.3. The Morgan fingerprint density at radius 1 is 0.870 bits per heavy atom. The van der Waals surface area contributed by atoms with Gasteiger partial charge in [-0.1, -0.05) is 33.1 Å². The molecule has 0 amide bonds. The molecule has 0 saturated heterocycles. The molecule has 0 unspecified atom stereocenters. The van der Waals surface area contributed by atoms with Crippen LogP contribution in [0.3, 0.4) is 0 Å². The van der Waals surface area contributed by atoms with Crippen molar-refractivity contribution < 1.29 is 22.0 Å². The van der Waals surface area contributed by atoms with Gasteiger partial charge in [-0.3, -0.25) is 4.55 Å². The van der Waals surface area contributed by atoms with Crippen LogP contribution in [-0.2, 0) is 10.4 Å². The summed E-state index contributed by atoms with van der Waals surface area (Å²) in [6, 6.07) is 0. The number of rotatable bonds is 13. The molecule has 7 heteroatoms. The highest BCUT2D eigenvalue weighted by Crippen LogP contribution is 2.15. The van der Waals surface area contributed by atoms with E-state index in [1.54, 1.807) is 0 Å². The maximum atomic E-state index is 8.63. The highest BCUT2D eigenvalue weighted by Gasteiger charge is 2.23. The van der Waals surface area contributed by atoms with Crippen LogP contribution in [0.1, 0.15) is 72.1 Å². The Morgan fingerprint density at radius 2 is 1.26 bits per heavy atom. The largest absolute Gasteiger partial charge is 0.726 e. The third kappa shape index (κ3) is 19.7. The van der Waals surface area contributed by atoms with E-state index >= 15 is 0 Å². The lowest BCUT2D eigenvalue weighted by Crippen LogP contribution is -2.49. The first kappa shape index (κ1) is 25.0. The molecule has 0 rings (SSSR count). The summed E-state index contributed by atoms with van der Waals surface area (Å²) in [4.78, 5) is 0. The van der Waals surface area contributed by atoms with E-state index in [2.05, 4.69) is 20.8 Å². The third-order valence-corrected chi connectivity index (χ3v) is 4.23.